The zero-order valence-corrected chi connectivity index (χ0v) is 11.9. The van der Waals surface area contributed by atoms with Crippen LogP contribution in [0.3, 0.4) is 0 Å². The van der Waals surface area contributed by atoms with Crippen LogP contribution in [0.25, 0.3) is 0 Å². The third-order valence-corrected chi connectivity index (χ3v) is 3.71. The average Bonchev–Trinajstić information content (AvgIpc) is 3.12. The van der Waals surface area contributed by atoms with Gasteiger partial charge in [-0.25, -0.2) is 0 Å². The molecule has 0 aromatic heterocycles. The Balaban J connectivity index is 2.20. The molecule has 0 bridgehead atoms. The maximum absolute atomic E-state index is 9.46. The molecule has 1 aromatic carbocycles. The van der Waals surface area contributed by atoms with Crippen LogP contribution in [-0.2, 0) is 6.61 Å². The van der Waals surface area contributed by atoms with Crippen LogP contribution >= 0.6 is 15.9 Å². The van der Waals surface area contributed by atoms with E-state index in [9.17, 15) is 5.11 Å². The van der Waals surface area contributed by atoms with Crippen molar-refractivity contribution in [1.29, 1.82) is 0 Å². The Morgan fingerprint density at radius 2 is 2.18 bits per heavy atom. The molecule has 0 atom stereocenters. The van der Waals surface area contributed by atoms with Crippen LogP contribution in [0, 0.1) is 5.92 Å². The number of benzene rings is 1. The first-order valence-electron chi connectivity index (χ1n) is 6.38. The summed E-state index contributed by atoms with van der Waals surface area (Å²) in [6.45, 7) is 4.53. The molecule has 2 nitrogen and oxygen atoms in total. The van der Waals surface area contributed by atoms with E-state index in [4.69, 9.17) is 0 Å². The number of halogens is 1. The highest BCUT2D eigenvalue weighted by Crippen LogP contribution is 2.33. The Labute approximate surface area is 112 Å². The van der Waals surface area contributed by atoms with Gasteiger partial charge in [-0.3, -0.25) is 0 Å². The summed E-state index contributed by atoms with van der Waals surface area (Å²) in [4.78, 5) is 2.43. The Morgan fingerprint density at radius 1 is 1.41 bits per heavy atom. The molecule has 1 fully saturated rings. The fourth-order valence-corrected chi connectivity index (χ4v) is 2.59. The molecule has 94 valence electrons. The van der Waals surface area contributed by atoms with Crippen LogP contribution in [0.15, 0.2) is 22.7 Å². The quantitative estimate of drug-likeness (QED) is 0.868. The lowest BCUT2D eigenvalue weighted by Gasteiger charge is -2.26. The van der Waals surface area contributed by atoms with Gasteiger partial charge in [0.1, 0.15) is 0 Å². The normalized spacial score (nSPS) is 15.0. The summed E-state index contributed by atoms with van der Waals surface area (Å²) in [6, 6.07) is 6.20. The minimum Gasteiger partial charge on any atom is -0.392 e. The molecule has 1 aromatic rings. The highest BCUT2D eigenvalue weighted by atomic mass is 79.9. The van der Waals surface area contributed by atoms with Gasteiger partial charge >= 0.3 is 0 Å². The van der Waals surface area contributed by atoms with Gasteiger partial charge in [0.2, 0.25) is 0 Å². The second-order valence-electron chi connectivity index (χ2n) is 4.82. The molecule has 0 heterocycles. The third kappa shape index (κ3) is 3.46. The maximum Gasteiger partial charge on any atom is 0.0702 e. The predicted octanol–water partition coefficient (Wildman–Crippen LogP) is 3.57. The molecule has 0 spiro atoms. The first-order valence-corrected chi connectivity index (χ1v) is 7.18. The number of aliphatic hydroxyl groups excluding tert-OH is 1. The molecular formula is C14H20BrNO. The molecule has 1 aliphatic carbocycles. The van der Waals surface area contributed by atoms with Crippen molar-refractivity contribution in [2.24, 2.45) is 5.92 Å². The standard InChI is InChI=1S/C14H20BrNO/c1-2-7-16(9-11-3-4-11)14-6-5-13(15)8-12(14)10-17/h5-6,8,11,17H,2-4,7,9-10H2,1H3. The third-order valence-electron chi connectivity index (χ3n) is 3.22. The Morgan fingerprint density at radius 3 is 2.76 bits per heavy atom. The van der Waals surface area contributed by atoms with Gasteiger partial charge in [-0.1, -0.05) is 22.9 Å². The van der Waals surface area contributed by atoms with Crippen molar-refractivity contribution < 1.29 is 5.11 Å². The molecule has 0 amide bonds. The van der Waals surface area contributed by atoms with Gasteiger partial charge < -0.3 is 10.0 Å². The van der Waals surface area contributed by atoms with Gasteiger partial charge in [0.15, 0.2) is 0 Å². The van der Waals surface area contributed by atoms with Gasteiger partial charge in [-0.2, -0.15) is 0 Å². The molecule has 0 radical (unpaired) electrons. The van der Waals surface area contributed by atoms with Crippen molar-refractivity contribution in [1.82, 2.24) is 0 Å². The zero-order valence-electron chi connectivity index (χ0n) is 10.3. The van der Waals surface area contributed by atoms with E-state index in [0.29, 0.717) is 0 Å². The summed E-state index contributed by atoms with van der Waals surface area (Å²) < 4.78 is 1.04. The van der Waals surface area contributed by atoms with Gasteiger partial charge in [0.25, 0.3) is 0 Å². The van der Waals surface area contributed by atoms with Crippen molar-refractivity contribution in [3.8, 4) is 0 Å². The number of nitrogens with zero attached hydrogens (tertiary/aromatic N) is 1. The molecule has 1 saturated carbocycles. The second kappa shape index (κ2) is 5.87. The maximum atomic E-state index is 9.46. The summed E-state index contributed by atoms with van der Waals surface area (Å²) in [7, 11) is 0. The van der Waals surface area contributed by atoms with Crippen molar-refractivity contribution in [3.05, 3.63) is 28.2 Å². The zero-order chi connectivity index (χ0) is 12.3. The van der Waals surface area contributed by atoms with Gasteiger partial charge in [0, 0.05) is 28.8 Å². The van der Waals surface area contributed by atoms with Crippen LogP contribution in [-0.4, -0.2) is 18.2 Å². The molecule has 1 aliphatic rings. The monoisotopic (exact) mass is 297 g/mol. The van der Waals surface area contributed by atoms with Crippen LogP contribution in [0.4, 0.5) is 5.69 Å². The van der Waals surface area contributed by atoms with E-state index in [-0.39, 0.29) is 6.61 Å². The Kier molecular flexibility index (Phi) is 4.46. The van der Waals surface area contributed by atoms with Gasteiger partial charge in [-0.15, -0.1) is 0 Å². The number of rotatable bonds is 6. The number of hydrogen-bond donors (Lipinski definition) is 1. The van der Waals surface area contributed by atoms with E-state index in [1.54, 1.807) is 0 Å². The van der Waals surface area contributed by atoms with E-state index >= 15 is 0 Å². The minimum atomic E-state index is 0.111. The van der Waals surface area contributed by atoms with Gasteiger partial charge in [-0.05, 0) is 43.4 Å². The SMILES string of the molecule is CCCN(CC1CC1)c1ccc(Br)cc1CO. The molecule has 0 saturated heterocycles. The van der Waals surface area contributed by atoms with E-state index in [2.05, 4.69) is 39.9 Å². The molecule has 1 N–H and O–H groups in total. The highest BCUT2D eigenvalue weighted by Gasteiger charge is 2.25. The fourth-order valence-electron chi connectivity index (χ4n) is 2.18. The lowest BCUT2D eigenvalue weighted by Crippen LogP contribution is -2.27. The molecule has 0 aliphatic heterocycles. The molecular weight excluding hydrogens is 278 g/mol. The largest absolute Gasteiger partial charge is 0.392 e. The summed E-state index contributed by atoms with van der Waals surface area (Å²) in [5.41, 5.74) is 2.22. The first-order chi connectivity index (χ1) is 8.24. The number of hydrogen-bond acceptors (Lipinski definition) is 2. The molecule has 0 unspecified atom stereocenters. The van der Waals surface area contributed by atoms with Crippen LogP contribution in [0.5, 0.6) is 0 Å². The van der Waals surface area contributed by atoms with E-state index in [0.717, 1.165) is 35.5 Å². The Bertz CT molecular complexity index is 376. The molecule has 3 heteroatoms. The number of anilines is 1. The lowest BCUT2D eigenvalue weighted by atomic mass is 10.1. The van der Waals surface area contributed by atoms with Crippen LogP contribution in [0.2, 0.25) is 0 Å². The van der Waals surface area contributed by atoms with Crippen molar-refractivity contribution in [3.63, 3.8) is 0 Å². The number of aliphatic hydroxyl groups is 1. The smallest absolute Gasteiger partial charge is 0.0702 e. The van der Waals surface area contributed by atoms with Crippen molar-refractivity contribution >= 4 is 21.6 Å². The molecule has 17 heavy (non-hydrogen) atoms. The topological polar surface area (TPSA) is 23.5 Å². The molecule has 2 rings (SSSR count). The summed E-state index contributed by atoms with van der Waals surface area (Å²) in [5, 5.41) is 9.46. The summed E-state index contributed by atoms with van der Waals surface area (Å²) in [5.74, 6) is 0.872. The fraction of sp³-hybridized carbons (Fsp3) is 0.571. The highest BCUT2D eigenvalue weighted by molar-refractivity contribution is 9.10. The minimum absolute atomic E-state index is 0.111. The van der Waals surface area contributed by atoms with Crippen molar-refractivity contribution in [2.75, 3.05) is 18.0 Å². The summed E-state index contributed by atoms with van der Waals surface area (Å²) >= 11 is 3.46. The Hall–Kier alpha value is -0.540. The van der Waals surface area contributed by atoms with E-state index in [1.807, 2.05) is 6.07 Å². The van der Waals surface area contributed by atoms with E-state index in [1.165, 1.54) is 18.5 Å². The predicted molar refractivity (Wildman–Crippen MR) is 75.3 cm³/mol. The van der Waals surface area contributed by atoms with E-state index < -0.39 is 0 Å². The average molecular weight is 298 g/mol. The lowest BCUT2D eigenvalue weighted by molar-refractivity contribution is 0.282. The van der Waals surface area contributed by atoms with Crippen molar-refractivity contribution in [2.45, 2.75) is 32.8 Å². The first kappa shape index (κ1) is 12.9. The van der Waals surface area contributed by atoms with Gasteiger partial charge in [0.05, 0.1) is 6.61 Å². The van der Waals surface area contributed by atoms with Crippen LogP contribution in [0.1, 0.15) is 31.7 Å². The second-order valence-corrected chi connectivity index (χ2v) is 5.74. The summed E-state index contributed by atoms with van der Waals surface area (Å²) in [6.07, 6.45) is 3.88. The van der Waals surface area contributed by atoms with Crippen LogP contribution < -0.4 is 4.90 Å².